The Hall–Kier alpha value is -4.86. The van der Waals surface area contributed by atoms with E-state index in [9.17, 15) is 29.4 Å². The molecule has 3 atom stereocenters. The lowest BCUT2D eigenvalue weighted by atomic mass is 9.90. The van der Waals surface area contributed by atoms with Crippen molar-refractivity contribution in [1.29, 1.82) is 0 Å². The number of benzene rings is 3. The first kappa shape index (κ1) is 33.5. The fraction of sp³-hybridized carbons (Fsp3) is 0.405. The molecule has 1 aliphatic heterocycles. The third kappa shape index (κ3) is 7.93. The highest BCUT2D eigenvalue weighted by Gasteiger charge is 2.48. The monoisotopic (exact) mass is 642 g/mol. The molecule has 0 unspecified atom stereocenters. The number of unbranched alkanes of at least 4 members (excludes halogenated alkanes) is 2. The highest BCUT2D eigenvalue weighted by Crippen LogP contribution is 2.52. The second kappa shape index (κ2) is 15.2. The van der Waals surface area contributed by atoms with Crippen molar-refractivity contribution in [3.63, 3.8) is 0 Å². The molecule has 0 radical (unpaired) electrons. The average molecular weight is 643 g/mol. The van der Waals surface area contributed by atoms with Crippen LogP contribution in [0.25, 0.3) is 33.4 Å². The van der Waals surface area contributed by atoms with Crippen LogP contribution in [-0.4, -0.2) is 47.9 Å². The fourth-order valence-corrected chi connectivity index (χ4v) is 6.67. The Morgan fingerprint density at radius 1 is 0.830 bits per heavy atom. The lowest BCUT2D eigenvalue weighted by Gasteiger charge is -2.17. The SMILES string of the molecule is CCC[C@@H]1[C@H](CCC)[C@@H]1COC(=O)NCCCCCNC(=O)c1ccc(-c2c3ccc(=O)cc-3oc3cc(O)ccc23)c(C(=O)O)c1. The summed E-state index contributed by atoms with van der Waals surface area (Å²) in [7, 11) is 0. The van der Waals surface area contributed by atoms with Crippen molar-refractivity contribution < 1.29 is 33.8 Å². The third-order valence-corrected chi connectivity index (χ3v) is 9.03. The van der Waals surface area contributed by atoms with Gasteiger partial charge in [0.25, 0.3) is 5.91 Å². The molecule has 2 amide bonds. The number of hydrogen-bond donors (Lipinski definition) is 4. The predicted octanol–water partition coefficient (Wildman–Crippen LogP) is 7.06. The quantitative estimate of drug-likeness (QED) is 0.0794. The molecule has 5 rings (SSSR count). The maximum absolute atomic E-state index is 13.0. The first-order valence-electron chi connectivity index (χ1n) is 16.5. The van der Waals surface area contributed by atoms with Crippen LogP contribution in [0.3, 0.4) is 0 Å². The smallest absolute Gasteiger partial charge is 0.407 e. The summed E-state index contributed by atoms with van der Waals surface area (Å²) in [6, 6.07) is 13.2. The molecule has 2 aromatic rings. The number of alkyl carbamates (subject to hydrolysis) is 1. The number of nitrogens with one attached hydrogen (secondary N) is 2. The maximum Gasteiger partial charge on any atom is 0.407 e. The van der Waals surface area contributed by atoms with Gasteiger partial charge in [-0.3, -0.25) is 9.59 Å². The first-order chi connectivity index (χ1) is 22.7. The van der Waals surface area contributed by atoms with E-state index in [4.69, 9.17) is 9.15 Å². The van der Waals surface area contributed by atoms with E-state index in [1.165, 1.54) is 43.2 Å². The van der Waals surface area contributed by atoms with Crippen molar-refractivity contribution in [2.45, 2.75) is 58.8 Å². The molecule has 1 saturated carbocycles. The van der Waals surface area contributed by atoms with E-state index in [-0.39, 0.29) is 39.7 Å². The molecule has 10 heteroatoms. The Kier molecular flexibility index (Phi) is 10.8. The van der Waals surface area contributed by atoms with Crippen LogP contribution in [0.15, 0.2) is 63.8 Å². The molecule has 1 heterocycles. The van der Waals surface area contributed by atoms with E-state index < -0.39 is 11.9 Å². The standard InChI is InChI=1S/C37H42N2O8/c1-3-8-25-26(9-4-2)31(25)21-46-37(45)39-17-7-5-6-16-38-35(42)22-10-13-27(30(18-22)36(43)44)34-28-14-11-23(40)19-32(28)47-33-20-24(41)12-15-29(33)34/h10-15,18-20,25-26,31,40H,3-9,16-17,21H2,1-2H3,(H,38,42)(H,39,45)(H,43,44)/t25-,26+,31-. The van der Waals surface area contributed by atoms with Crippen LogP contribution >= 0.6 is 0 Å². The van der Waals surface area contributed by atoms with Gasteiger partial charge in [-0.2, -0.15) is 0 Å². The number of ether oxygens (including phenoxy) is 1. The van der Waals surface area contributed by atoms with Gasteiger partial charge in [-0.15, -0.1) is 0 Å². The largest absolute Gasteiger partial charge is 0.508 e. The summed E-state index contributed by atoms with van der Waals surface area (Å²) in [5.74, 6) is 0.437. The Morgan fingerprint density at radius 2 is 1.53 bits per heavy atom. The number of phenolic OH excluding ortho intramolecular Hbond substituents is 1. The fourth-order valence-electron chi connectivity index (χ4n) is 6.67. The lowest BCUT2D eigenvalue weighted by Crippen LogP contribution is -2.27. The number of aromatic carboxylic acids is 1. The Labute approximate surface area is 273 Å². The van der Waals surface area contributed by atoms with E-state index in [1.807, 2.05) is 0 Å². The van der Waals surface area contributed by atoms with Crippen molar-refractivity contribution in [2.75, 3.05) is 19.7 Å². The summed E-state index contributed by atoms with van der Waals surface area (Å²) in [5.41, 5.74) is 1.48. The molecule has 10 nitrogen and oxygen atoms in total. The number of hydrogen-bond acceptors (Lipinski definition) is 7. The molecular weight excluding hydrogens is 600 g/mol. The van der Waals surface area contributed by atoms with Crippen LogP contribution in [0.4, 0.5) is 4.79 Å². The average Bonchev–Trinajstić information content (AvgIpc) is 3.71. The van der Waals surface area contributed by atoms with Gasteiger partial charge in [-0.25, -0.2) is 9.59 Å². The molecule has 0 spiro atoms. The summed E-state index contributed by atoms with van der Waals surface area (Å²) in [4.78, 5) is 49.6. The van der Waals surface area contributed by atoms with Gasteiger partial charge in [0, 0.05) is 47.3 Å². The van der Waals surface area contributed by atoms with Crippen LogP contribution in [-0.2, 0) is 4.74 Å². The normalized spacial score (nSPS) is 17.0. The van der Waals surface area contributed by atoms with Crippen LogP contribution in [0.2, 0.25) is 0 Å². The summed E-state index contributed by atoms with van der Waals surface area (Å²) in [6.45, 7) is 5.75. The van der Waals surface area contributed by atoms with E-state index in [2.05, 4.69) is 24.5 Å². The topological polar surface area (TPSA) is 155 Å². The van der Waals surface area contributed by atoms with Gasteiger partial charge in [0.05, 0.1) is 12.2 Å². The number of aromatic hydroxyl groups is 1. The molecule has 0 bridgehead atoms. The number of amides is 2. The van der Waals surface area contributed by atoms with Crippen LogP contribution < -0.4 is 16.1 Å². The van der Waals surface area contributed by atoms with Gasteiger partial charge >= 0.3 is 12.1 Å². The molecule has 2 aliphatic carbocycles. The van der Waals surface area contributed by atoms with Crippen molar-refractivity contribution in [3.05, 3.63) is 75.9 Å². The molecule has 0 aromatic heterocycles. The second-order valence-electron chi connectivity index (χ2n) is 12.3. The zero-order valence-electron chi connectivity index (χ0n) is 26.8. The van der Waals surface area contributed by atoms with Gasteiger partial charge in [0.1, 0.15) is 17.1 Å². The van der Waals surface area contributed by atoms with Gasteiger partial charge in [-0.05, 0) is 79.0 Å². The molecule has 47 heavy (non-hydrogen) atoms. The lowest BCUT2D eigenvalue weighted by molar-refractivity contribution is 0.0697. The van der Waals surface area contributed by atoms with Crippen molar-refractivity contribution in [1.82, 2.24) is 10.6 Å². The summed E-state index contributed by atoms with van der Waals surface area (Å²) >= 11 is 0. The van der Waals surface area contributed by atoms with Gasteiger partial charge < -0.3 is 30.0 Å². The summed E-state index contributed by atoms with van der Waals surface area (Å²) < 4.78 is 11.3. The Bertz CT molecular complexity index is 1770. The van der Waals surface area contributed by atoms with Gasteiger partial charge in [0.2, 0.25) is 0 Å². The maximum atomic E-state index is 13.0. The number of rotatable bonds is 15. The number of carboxylic acids is 1. The zero-order chi connectivity index (χ0) is 33.5. The van der Waals surface area contributed by atoms with Crippen molar-refractivity contribution in [3.8, 4) is 28.2 Å². The minimum Gasteiger partial charge on any atom is -0.508 e. The molecule has 1 fully saturated rings. The predicted molar refractivity (Wildman–Crippen MR) is 179 cm³/mol. The second-order valence-corrected chi connectivity index (χ2v) is 12.3. The number of carbonyl (C=O) groups is 3. The molecule has 4 N–H and O–H groups in total. The summed E-state index contributed by atoms with van der Waals surface area (Å²) in [5, 5.41) is 26.4. The molecule has 2 aromatic carbocycles. The molecule has 3 aliphatic rings. The molecular formula is C37H42N2O8. The van der Waals surface area contributed by atoms with E-state index in [0.717, 1.165) is 25.7 Å². The van der Waals surface area contributed by atoms with Crippen LogP contribution in [0, 0.1) is 17.8 Å². The van der Waals surface area contributed by atoms with E-state index in [0.29, 0.717) is 65.9 Å². The van der Waals surface area contributed by atoms with E-state index in [1.54, 1.807) is 24.3 Å². The van der Waals surface area contributed by atoms with Crippen molar-refractivity contribution >= 4 is 28.9 Å². The third-order valence-electron chi connectivity index (χ3n) is 9.03. The number of carbonyl (C=O) groups excluding carboxylic acids is 2. The summed E-state index contributed by atoms with van der Waals surface area (Å²) in [6.07, 6.45) is 6.52. The van der Waals surface area contributed by atoms with Crippen LogP contribution in [0.1, 0.15) is 79.5 Å². The minimum absolute atomic E-state index is 0.0427. The van der Waals surface area contributed by atoms with Gasteiger partial charge in [0.15, 0.2) is 5.43 Å². The van der Waals surface area contributed by atoms with Crippen LogP contribution in [0.5, 0.6) is 5.75 Å². The number of phenols is 1. The number of carboxylic acid groups (broad SMARTS) is 1. The molecule has 248 valence electrons. The Morgan fingerprint density at radius 3 is 2.23 bits per heavy atom. The molecule has 0 saturated heterocycles. The Balaban J connectivity index is 1.14. The van der Waals surface area contributed by atoms with Gasteiger partial charge in [-0.1, -0.05) is 45.6 Å². The highest BCUT2D eigenvalue weighted by molar-refractivity contribution is 6.09. The van der Waals surface area contributed by atoms with Crippen molar-refractivity contribution in [2.24, 2.45) is 17.8 Å². The highest BCUT2D eigenvalue weighted by atomic mass is 16.5. The zero-order valence-corrected chi connectivity index (χ0v) is 26.8. The number of fused-ring (bicyclic) bond motifs is 2. The first-order valence-corrected chi connectivity index (χ1v) is 16.5. The minimum atomic E-state index is -1.22. The van der Waals surface area contributed by atoms with E-state index >= 15 is 0 Å².